The standard InChI is InChI=1S/C35H30F4N6O6S4/c1-44(26-3-5-32-28(15-26)40-17-52-32)34(46)30(11-20-7-22(36)13-23(37)8-20)42-54(48,49)19-55(50,51)43-31(12-21-9-24(38)14-25(39)10-21)35(47)45(2)27-4-6-33-29(16-27)41-18-53-33/h3-10,13-18,30-31,42-43H,11-12,19H2,1-2H3/t30-,31-/m0/s1. The van der Waals surface area contributed by atoms with E-state index in [1.54, 1.807) is 47.4 Å². The van der Waals surface area contributed by atoms with E-state index >= 15 is 0 Å². The van der Waals surface area contributed by atoms with E-state index < -0.39 is 85.1 Å². The van der Waals surface area contributed by atoms with Crippen molar-refractivity contribution in [2.75, 3.05) is 29.0 Å². The lowest BCUT2D eigenvalue weighted by Crippen LogP contribution is -2.53. The van der Waals surface area contributed by atoms with Crippen molar-refractivity contribution < 1.29 is 44.0 Å². The quantitative estimate of drug-likeness (QED) is 0.144. The summed E-state index contributed by atoms with van der Waals surface area (Å²) in [4.78, 5) is 38.3. The van der Waals surface area contributed by atoms with Crippen LogP contribution in [0.2, 0.25) is 0 Å². The minimum atomic E-state index is -5.01. The number of hydrogen-bond acceptors (Lipinski definition) is 10. The second-order valence-corrected chi connectivity index (χ2v) is 18.1. The lowest BCUT2D eigenvalue weighted by Gasteiger charge is -2.26. The number of hydrogen-bond donors (Lipinski definition) is 2. The highest BCUT2D eigenvalue weighted by Crippen LogP contribution is 2.26. The lowest BCUT2D eigenvalue weighted by atomic mass is 10.0. The zero-order valence-corrected chi connectivity index (χ0v) is 32.0. The van der Waals surface area contributed by atoms with E-state index in [9.17, 15) is 44.0 Å². The van der Waals surface area contributed by atoms with Crippen molar-refractivity contribution in [2.24, 2.45) is 0 Å². The summed E-state index contributed by atoms with van der Waals surface area (Å²) in [6.45, 7) is 0. The van der Waals surface area contributed by atoms with E-state index in [4.69, 9.17) is 0 Å². The number of thiazole rings is 2. The van der Waals surface area contributed by atoms with Crippen LogP contribution in [-0.4, -0.2) is 69.9 Å². The minimum Gasteiger partial charge on any atom is -0.314 e. The maximum absolute atomic E-state index is 14.1. The average molecular weight is 835 g/mol. The third-order valence-electron chi connectivity index (χ3n) is 8.34. The first-order valence-electron chi connectivity index (χ1n) is 16.1. The van der Waals surface area contributed by atoms with Gasteiger partial charge in [0, 0.05) is 37.6 Å². The maximum Gasteiger partial charge on any atom is 0.245 e. The summed E-state index contributed by atoms with van der Waals surface area (Å²) in [5.41, 5.74) is 4.62. The third kappa shape index (κ3) is 9.88. The molecule has 0 bridgehead atoms. The Bertz CT molecular complexity index is 2420. The molecule has 6 rings (SSSR count). The van der Waals surface area contributed by atoms with E-state index in [2.05, 4.69) is 19.4 Å². The first kappa shape index (κ1) is 39.8. The van der Waals surface area contributed by atoms with E-state index in [0.29, 0.717) is 34.5 Å². The Morgan fingerprint density at radius 2 is 0.982 bits per heavy atom. The third-order valence-corrected chi connectivity index (χ3v) is 13.7. The Morgan fingerprint density at radius 3 is 1.35 bits per heavy atom. The fourth-order valence-electron chi connectivity index (χ4n) is 5.83. The van der Waals surface area contributed by atoms with Gasteiger partial charge in [0.1, 0.15) is 35.4 Å². The Hall–Kier alpha value is -4.86. The molecule has 12 nitrogen and oxygen atoms in total. The van der Waals surface area contributed by atoms with Crippen LogP contribution in [0, 0.1) is 23.3 Å². The molecule has 2 aromatic heterocycles. The number of carbonyl (C=O) groups is 2. The zero-order valence-electron chi connectivity index (χ0n) is 28.7. The summed E-state index contributed by atoms with van der Waals surface area (Å²) in [5, 5.41) is -1.72. The number of sulfonamides is 2. The molecule has 0 aliphatic rings. The summed E-state index contributed by atoms with van der Waals surface area (Å²) in [6.07, 6.45) is -1.19. The summed E-state index contributed by atoms with van der Waals surface area (Å²) in [6, 6.07) is 10.9. The Balaban J connectivity index is 1.27. The highest BCUT2D eigenvalue weighted by atomic mass is 32.3. The number of anilines is 2. The number of fused-ring (bicyclic) bond motifs is 2. The number of halogens is 4. The fraction of sp³-hybridized carbons (Fsp3) is 0.200. The van der Waals surface area contributed by atoms with Crippen LogP contribution in [0.25, 0.3) is 20.4 Å². The van der Waals surface area contributed by atoms with Crippen LogP contribution >= 0.6 is 22.7 Å². The fourth-order valence-corrected chi connectivity index (χ4v) is 10.6. The molecule has 0 spiro atoms. The molecule has 20 heteroatoms. The van der Waals surface area contributed by atoms with Gasteiger partial charge in [-0.2, -0.15) is 0 Å². The first-order chi connectivity index (χ1) is 25.9. The topological polar surface area (TPSA) is 159 Å². The summed E-state index contributed by atoms with van der Waals surface area (Å²) < 4.78 is 117. The van der Waals surface area contributed by atoms with Gasteiger partial charge < -0.3 is 9.80 Å². The van der Waals surface area contributed by atoms with Crippen molar-refractivity contribution in [3.05, 3.63) is 118 Å². The van der Waals surface area contributed by atoms with Crippen LogP contribution in [0.3, 0.4) is 0 Å². The lowest BCUT2D eigenvalue weighted by molar-refractivity contribution is -0.120. The van der Waals surface area contributed by atoms with Gasteiger partial charge in [0.05, 0.1) is 31.5 Å². The van der Waals surface area contributed by atoms with Crippen LogP contribution in [0.1, 0.15) is 11.1 Å². The SMILES string of the molecule is CN(C(=O)[C@H](Cc1cc(F)cc(F)c1)NS(=O)(=O)CS(=O)(=O)N[C@@H](Cc1cc(F)cc(F)c1)C(=O)N(C)c1ccc2scnc2c1)c1ccc2scnc2c1. The second-order valence-electron chi connectivity index (χ2n) is 12.5. The monoisotopic (exact) mass is 834 g/mol. The summed E-state index contributed by atoms with van der Waals surface area (Å²) in [5.74, 6) is -5.81. The molecule has 0 aliphatic carbocycles. The Morgan fingerprint density at radius 1 is 0.618 bits per heavy atom. The van der Waals surface area contributed by atoms with Crippen molar-refractivity contribution in [1.82, 2.24) is 19.4 Å². The number of nitrogens with zero attached hydrogens (tertiary/aromatic N) is 4. The second kappa shape index (κ2) is 16.1. The smallest absolute Gasteiger partial charge is 0.245 e. The van der Waals surface area contributed by atoms with Gasteiger partial charge in [0.2, 0.25) is 31.9 Å². The molecule has 0 radical (unpaired) electrons. The summed E-state index contributed by atoms with van der Waals surface area (Å²) >= 11 is 2.70. The molecule has 6 aromatic rings. The summed E-state index contributed by atoms with van der Waals surface area (Å²) in [7, 11) is -7.36. The van der Waals surface area contributed by atoms with Crippen LogP contribution in [0.5, 0.6) is 0 Å². The predicted octanol–water partition coefficient (Wildman–Crippen LogP) is 5.11. The molecule has 2 heterocycles. The molecule has 288 valence electrons. The average Bonchev–Trinajstić information content (AvgIpc) is 3.77. The van der Waals surface area contributed by atoms with Crippen LogP contribution in [-0.2, 0) is 42.5 Å². The number of likely N-dealkylation sites (N-methyl/N-ethyl adjacent to an activating group) is 2. The van der Waals surface area contributed by atoms with Crippen molar-refractivity contribution in [3.8, 4) is 0 Å². The number of amides is 2. The van der Waals surface area contributed by atoms with Gasteiger partial charge in [0.25, 0.3) is 0 Å². The molecular weight excluding hydrogens is 805 g/mol. The molecule has 2 N–H and O–H groups in total. The Kier molecular flexibility index (Phi) is 11.6. The molecule has 0 aliphatic heterocycles. The molecule has 0 saturated carbocycles. The first-order valence-corrected chi connectivity index (χ1v) is 21.1. The van der Waals surface area contributed by atoms with Crippen molar-refractivity contribution >= 4 is 86.3 Å². The van der Waals surface area contributed by atoms with E-state index in [0.717, 1.165) is 43.5 Å². The van der Waals surface area contributed by atoms with Crippen LogP contribution < -0.4 is 19.2 Å². The van der Waals surface area contributed by atoms with Crippen molar-refractivity contribution in [1.29, 1.82) is 0 Å². The van der Waals surface area contributed by atoms with Gasteiger partial charge in [-0.15, -0.1) is 22.7 Å². The van der Waals surface area contributed by atoms with Crippen molar-refractivity contribution in [2.45, 2.75) is 24.9 Å². The number of benzene rings is 4. The molecule has 0 saturated heterocycles. The van der Waals surface area contributed by atoms with Gasteiger partial charge in [-0.3, -0.25) is 9.59 Å². The van der Waals surface area contributed by atoms with Crippen LogP contribution in [0.15, 0.2) is 83.8 Å². The van der Waals surface area contributed by atoms with Gasteiger partial charge in [0.15, 0.2) is 5.08 Å². The predicted molar refractivity (Wildman–Crippen MR) is 203 cm³/mol. The maximum atomic E-state index is 14.1. The molecule has 2 amide bonds. The van der Waals surface area contributed by atoms with E-state index in [-0.39, 0.29) is 11.1 Å². The molecule has 0 fully saturated rings. The van der Waals surface area contributed by atoms with Crippen LogP contribution in [0.4, 0.5) is 28.9 Å². The van der Waals surface area contributed by atoms with E-state index in [1.807, 2.05) is 0 Å². The minimum absolute atomic E-state index is 0.116. The molecule has 4 aromatic carbocycles. The molecule has 2 atom stereocenters. The zero-order chi connectivity index (χ0) is 39.7. The molecule has 0 unspecified atom stereocenters. The molecule has 55 heavy (non-hydrogen) atoms. The largest absolute Gasteiger partial charge is 0.314 e. The number of rotatable bonds is 14. The number of carbonyl (C=O) groups excluding carboxylic acids is 2. The number of nitrogens with one attached hydrogen (secondary N) is 2. The van der Waals surface area contributed by atoms with E-state index in [1.165, 1.54) is 36.8 Å². The van der Waals surface area contributed by atoms with Gasteiger partial charge >= 0.3 is 0 Å². The van der Waals surface area contributed by atoms with Gasteiger partial charge in [-0.1, -0.05) is 0 Å². The number of aromatic nitrogens is 2. The molecular formula is C35H30F4N6O6S4. The highest BCUT2D eigenvalue weighted by Gasteiger charge is 2.35. The van der Waals surface area contributed by atoms with Gasteiger partial charge in [-0.25, -0.2) is 53.8 Å². The van der Waals surface area contributed by atoms with Gasteiger partial charge in [-0.05, 0) is 84.6 Å². The van der Waals surface area contributed by atoms with Crippen molar-refractivity contribution in [3.63, 3.8) is 0 Å². The highest BCUT2D eigenvalue weighted by molar-refractivity contribution is 8.06. The Labute approximate surface area is 320 Å². The normalized spacial score (nSPS) is 13.2.